The molecule has 23 heavy (non-hydrogen) atoms. The molecule has 1 N–H and O–H groups in total. The first kappa shape index (κ1) is 17.7. The monoisotopic (exact) mass is 318 g/mol. The van der Waals surface area contributed by atoms with Crippen LogP contribution in [0.3, 0.4) is 0 Å². The van der Waals surface area contributed by atoms with Gasteiger partial charge in [0.15, 0.2) is 0 Å². The van der Waals surface area contributed by atoms with Crippen molar-refractivity contribution >= 4 is 11.7 Å². The third-order valence-electron chi connectivity index (χ3n) is 4.54. The number of rotatable bonds is 8. The number of piperazine rings is 1. The Kier molecular flexibility index (Phi) is 7.33. The molecule has 0 radical (unpaired) electrons. The highest BCUT2D eigenvalue weighted by Gasteiger charge is 2.25. The molecular formula is C18H30N4O. The molecule has 128 valence electrons. The van der Waals surface area contributed by atoms with Crippen LogP contribution in [0.2, 0.25) is 0 Å². The van der Waals surface area contributed by atoms with Crippen molar-refractivity contribution in [3.8, 4) is 0 Å². The quantitative estimate of drug-likeness (QED) is 0.747. The molecular weight excluding hydrogens is 288 g/mol. The number of nitrogens with one attached hydrogen (secondary N) is 1. The van der Waals surface area contributed by atoms with E-state index >= 15 is 0 Å². The van der Waals surface area contributed by atoms with Gasteiger partial charge < -0.3 is 10.2 Å². The maximum atomic E-state index is 12.2. The van der Waals surface area contributed by atoms with Gasteiger partial charge in [0.25, 0.3) is 0 Å². The number of amides is 1. The van der Waals surface area contributed by atoms with Gasteiger partial charge in [-0.3, -0.25) is 9.69 Å². The lowest BCUT2D eigenvalue weighted by atomic mass is 10.2. The maximum absolute atomic E-state index is 12.2. The molecule has 1 aromatic rings. The van der Waals surface area contributed by atoms with E-state index in [1.165, 1.54) is 19.3 Å². The summed E-state index contributed by atoms with van der Waals surface area (Å²) in [7, 11) is 0. The second-order valence-electron chi connectivity index (χ2n) is 6.24. The van der Waals surface area contributed by atoms with Crippen LogP contribution in [-0.4, -0.2) is 54.6 Å². The Morgan fingerprint density at radius 3 is 2.65 bits per heavy atom. The van der Waals surface area contributed by atoms with Crippen molar-refractivity contribution in [3.05, 3.63) is 24.4 Å². The Morgan fingerprint density at radius 1 is 1.22 bits per heavy atom. The Hall–Kier alpha value is -1.62. The first-order chi connectivity index (χ1) is 11.2. The lowest BCUT2D eigenvalue weighted by molar-refractivity contribution is -0.126. The molecule has 1 aliphatic rings. The zero-order chi connectivity index (χ0) is 16.5. The Balaban J connectivity index is 1.70. The molecule has 5 heteroatoms. The van der Waals surface area contributed by atoms with E-state index in [1.807, 2.05) is 31.3 Å². The van der Waals surface area contributed by atoms with E-state index in [-0.39, 0.29) is 11.9 Å². The van der Waals surface area contributed by atoms with Crippen molar-refractivity contribution in [1.82, 2.24) is 15.2 Å². The van der Waals surface area contributed by atoms with Gasteiger partial charge in [-0.15, -0.1) is 0 Å². The summed E-state index contributed by atoms with van der Waals surface area (Å²) in [6, 6.07) is 5.95. The average Bonchev–Trinajstić information content (AvgIpc) is 2.61. The number of unbranched alkanes of at least 4 members (excludes halogenated alkanes) is 3. The van der Waals surface area contributed by atoms with Gasteiger partial charge in [-0.05, 0) is 25.5 Å². The van der Waals surface area contributed by atoms with Crippen LogP contribution in [0.1, 0.15) is 39.5 Å². The molecule has 0 spiro atoms. The third-order valence-corrected chi connectivity index (χ3v) is 4.54. The van der Waals surface area contributed by atoms with E-state index in [1.54, 1.807) is 0 Å². The minimum absolute atomic E-state index is 0.0490. The van der Waals surface area contributed by atoms with Crippen LogP contribution in [0.15, 0.2) is 24.4 Å². The average molecular weight is 318 g/mol. The number of nitrogens with zero attached hydrogens (tertiary/aromatic N) is 3. The van der Waals surface area contributed by atoms with Crippen molar-refractivity contribution in [2.75, 3.05) is 37.6 Å². The van der Waals surface area contributed by atoms with E-state index < -0.39 is 0 Å². The van der Waals surface area contributed by atoms with Gasteiger partial charge in [0, 0.05) is 38.9 Å². The Morgan fingerprint density at radius 2 is 2.00 bits per heavy atom. The summed E-state index contributed by atoms with van der Waals surface area (Å²) in [5.74, 6) is 1.19. The number of anilines is 1. The largest absolute Gasteiger partial charge is 0.355 e. The molecule has 1 fully saturated rings. The van der Waals surface area contributed by atoms with Crippen molar-refractivity contribution < 1.29 is 4.79 Å². The van der Waals surface area contributed by atoms with E-state index in [2.05, 4.69) is 27.0 Å². The predicted molar refractivity (Wildman–Crippen MR) is 94.6 cm³/mol. The predicted octanol–water partition coefficient (Wildman–Crippen LogP) is 2.29. The van der Waals surface area contributed by atoms with E-state index in [0.717, 1.165) is 45.0 Å². The SMILES string of the molecule is CCCCCCNC(=O)C(C)N1CCN(c2ccccn2)CC1. The third kappa shape index (κ3) is 5.50. The molecule has 1 aliphatic heterocycles. The van der Waals surface area contributed by atoms with Crippen LogP contribution in [0.5, 0.6) is 0 Å². The second-order valence-corrected chi connectivity index (χ2v) is 6.24. The fourth-order valence-corrected chi connectivity index (χ4v) is 2.96. The second kappa shape index (κ2) is 9.50. The lowest BCUT2D eigenvalue weighted by Gasteiger charge is -2.37. The first-order valence-electron chi connectivity index (χ1n) is 8.90. The van der Waals surface area contributed by atoms with Crippen molar-refractivity contribution in [2.45, 2.75) is 45.6 Å². The maximum Gasteiger partial charge on any atom is 0.237 e. The number of pyridine rings is 1. The summed E-state index contributed by atoms with van der Waals surface area (Å²) in [6.45, 7) is 8.67. The zero-order valence-electron chi connectivity index (χ0n) is 14.5. The lowest BCUT2D eigenvalue weighted by Crippen LogP contribution is -2.54. The number of hydrogen-bond acceptors (Lipinski definition) is 4. The molecule has 2 heterocycles. The summed E-state index contributed by atoms with van der Waals surface area (Å²) in [5, 5.41) is 3.07. The summed E-state index contributed by atoms with van der Waals surface area (Å²) in [4.78, 5) is 21.2. The van der Waals surface area contributed by atoms with Crippen LogP contribution < -0.4 is 10.2 Å². The molecule has 2 rings (SSSR count). The van der Waals surface area contributed by atoms with Gasteiger partial charge in [-0.2, -0.15) is 0 Å². The van der Waals surface area contributed by atoms with Gasteiger partial charge in [0.2, 0.25) is 5.91 Å². The van der Waals surface area contributed by atoms with E-state index in [4.69, 9.17) is 0 Å². The van der Waals surface area contributed by atoms with E-state index in [0.29, 0.717) is 0 Å². The van der Waals surface area contributed by atoms with Gasteiger partial charge in [0.05, 0.1) is 6.04 Å². The molecule has 0 bridgehead atoms. The number of aromatic nitrogens is 1. The molecule has 5 nitrogen and oxygen atoms in total. The molecule has 0 saturated carbocycles. The highest BCUT2D eigenvalue weighted by Crippen LogP contribution is 2.14. The van der Waals surface area contributed by atoms with Crippen molar-refractivity contribution in [3.63, 3.8) is 0 Å². The normalized spacial score (nSPS) is 17.0. The van der Waals surface area contributed by atoms with Gasteiger partial charge >= 0.3 is 0 Å². The topological polar surface area (TPSA) is 48.5 Å². The van der Waals surface area contributed by atoms with E-state index in [9.17, 15) is 4.79 Å². The minimum Gasteiger partial charge on any atom is -0.355 e. The summed E-state index contributed by atoms with van der Waals surface area (Å²) in [6.07, 6.45) is 6.59. The fraction of sp³-hybridized carbons (Fsp3) is 0.667. The Bertz CT molecular complexity index is 457. The highest BCUT2D eigenvalue weighted by molar-refractivity contribution is 5.81. The minimum atomic E-state index is -0.0490. The number of carbonyl (C=O) groups excluding carboxylic acids is 1. The molecule has 1 aromatic heterocycles. The van der Waals surface area contributed by atoms with Crippen molar-refractivity contribution in [2.24, 2.45) is 0 Å². The van der Waals surface area contributed by atoms with Crippen LogP contribution in [0.4, 0.5) is 5.82 Å². The van der Waals surface area contributed by atoms with Crippen molar-refractivity contribution in [1.29, 1.82) is 0 Å². The summed E-state index contributed by atoms with van der Waals surface area (Å²) < 4.78 is 0. The standard InChI is InChI=1S/C18H30N4O/c1-3-4-5-7-11-20-18(23)16(2)21-12-14-22(15-13-21)17-9-6-8-10-19-17/h6,8-10,16H,3-5,7,11-15H2,1-2H3,(H,20,23). The smallest absolute Gasteiger partial charge is 0.237 e. The van der Waals surface area contributed by atoms with Gasteiger partial charge in [-0.25, -0.2) is 4.98 Å². The first-order valence-corrected chi connectivity index (χ1v) is 8.90. The fourth-order valence-electron chi connectivity index (χ4n) is 2.96. The summed E-state index contributed by atoms with van der Waals surface area (Å²) >= 11 is 0. The molecule has 0 aliphatic carbocycles. The highest BCUT2D eigenvalue weighted by atomic mass is 16.2. The van der Waals surface area contributed by atoms with Crippen LogP contribution in [-0.2, 0) is 4.79 Å². The molecule has 0 aromatic carbocycles. The Labute approximate surface area is 140 Å². The van der Waals surface area contributed by atoms with Crippen LogP contribution >= 0.6 is 0 Å². The van der Waals surface area contributed by atoms with Crippen LogP contribution in [0.25, 0.3) is 0 Å². The van der Waals surface area contributed by atoms with Gasteiger partial charge in [0.1, 0.15) is 5.82 Å². The number of hydrogen-bond donors (Lipinski definition) is 1. The zero-order valence-corrected chi connectivity index (χ0v) is 14.5. The number of carbonyl (C=O) groups is 1. The van der Waals surface area contributed by atoms with Crippen LogP contribution in [0, 0.1) is 0 Å². The summed E-state index contributed by atoms with van der Waals surface area (Å²) in [5.41, 5.74) is 0. The molecule has 1 atom stereocenters. The molecule has 1 saturated heterocycles. The molecule has 1 amide bonds. The molecule has 1 unspecified atom stereocenters. The van der Waals surface area contributed by atoms with Gasteiger partial charge in [-0.1, -0.05) is 32.3 Å².